The number of carboxylic acid groups (broad SMARTS) is 1. The van der Waals surface area contributed by atoms with Gasteiger partial charge in [-0.05, 0) is 6.92 Å². The lowest BCUT2D eigenvalue weighted by molar-refractivity contribution is -0.512. The molecule has 0 rings (SSSR count). The van der Waals surface area contributed by atoms with Gasteiger partial charge in [-0.15, -0.1) is 0 Å². The van der Waals surface area contributed by atoms with Crippen LogP contribution in [-0.2, 0) is 9.53 Å². The van der Waals surface area contributed by atoms with E-state index < -0.39 is 23.0 Å². The quantitative estimate of drug-likeness (QED) is 0.476. The van der Waals surface area contributed by atoms with E-state index in [-0.39, 0.29) is 6.42 Å². The minimum absolute atomic E-state index is 0.112. The smallest absolute Gasteiger partial charge is 0.379 e. The Labute approximate surface area is 69.3 Å². The van der Waals surface area contributed by atoms with E-state index in [1.807, 2.05) is 0 Å². The van der Waals surface area contributed by atoms with Gasteiger partial charge in [0, 0.05) is 12.0 Å². The second kappa shape index (κ2) is 4.66. The number of carboxylic acids is 1. The first kappa shape index (κ1) is 10.8. The molecule has 0 saturated carbocycles. The van der Waals surface area contributed by atoms with Crippen molar-refractivity contribution in [2.75, 3.05) is 7.11 Å². The Morgan fingerprint density at radius 2 is 2.25 bits per heavy atom. The summed E-state index contributed by atoms with van der Waals surface area (Å²) in [7, 11) is 1.38. The molecule has 0 saturated heterocycles. The maximum absolute atomic E-state index is 10.3. The van der Waals surface area contributed by atoms with E-state index >= 15 is 0 Å². The van der Waals surface area contributed by atoms with Crippen LogP contribution in [-0.4, -0.2) is 35.3 Å². The highest BCUT2D eigenvalue weighted by molar-refractivity contribution is 5.71. The first-order chi connectivity index (χ1) is 5.49. The van der Waals surface area contributed by atoms with E-state index in [4.69, 9.17) is 9.84 Å². The minimum Gasteiger partial charge on any atom is -0.476 e. The largest absolute Gasteiger partial charge is 0.476 e. The Hall–Kier alpha value is -1.17. The third-order valence-corrected chi connectivity index (χ3v) is 1.50. The van der Waals surface area contributed by atoms with Crippen molar-refractivity contribution in [2.24, 2.45) is 0 Å². The van der Waals surface area contributed by atoms with Crippen molar-refractivity contribution in [1.29, 1.82) is 0 Å². The maximum Gasteiger partial charge on any atom is 0.379 e. The number of hydrogen-bond acceptors (Lipinski definition) is 4. The van der Waals surface area contributed by atoms with Crippen LogP contribution in [0.25, 0.3) is 0 Å². The van der Waals surface area contributed by atoms with E-state index in [1.54, 1.807) is 6.92 Å². The first-order valence-electron chi connectivity index (χ1n) is 3.38. The molecule has 1 N–H and O–H groups in total. The molecule has 0 bridgehead atoms. The summed E-state index contributed by atoms with van der Waals surface area (Å²) >= 11 is 0. The molecule has 6 heteroatoms. The van der Waals surface area contributed by atoms with Gasteiger partial charge in [-0.3, -0.25) is 10.1 Å². The Morgan fingerprint density at radius 1 is 1.75 bits per heavy atom. The molecule has 6 nitrogen and oxygen atoms in total. The maximum atomic E-state index is 10.3. The molecule has 0 aliphatic rings. The average Bonchev–Trinajstić information content (AvgIpc) is 1.98. The molecular formula is C6H11NO5. The van der Waals surface area contributed by atoms with Crippen LogP contribution in [0.15, 0.2) is 0 Å². The number of nitro groups is 1. The lowest BCUT2D eigenvalue weighted by Gasteiger charge is -2.09. The molecule has 12 heavy (non-hydrogen) atoms. The molecule has 0 aliphatic heterocycles. The molecule has 0 spiro atoms. The normalized spacial score (nSPS) is 15.2. The highest BCUT2D eigenvalue weighted by Crippen LogP contribution is 2.04. The second-order valence-corrected chi connectivity index (χ2v) is 2.42. The molecule has 0 aromatic heterocycles. The van der Waals surface area contributed by atoms with E-state index in [0.29, 0.717) is 0 Å². The van der Waals surface area contributed by atoms with Crippen molar-refractivity contribution in [3.05, 3.63) is 10.1 Å². The zero-order valence-electron chi connectivity index (χ0n) is 6.89. The third-order valence-electron chi connectivity index (χ3n) is 1.50. The monoisotopic (exact) mass is 177 g/mol. The fourth-order valence-electron chi connectivity index (χ4n) is 0.688. The summed E-state index contributed by atoms with van der Waals surface area (Å²) in [5, 5.41) is 18.6. The predicted molar refractivity (Wildman–Crippen MR) is 39.5 cm³/mol. The number of ether oxygens (including phenoxy) is 1. The summed E-state index contributed by atoms with van der Waals surface area (Å²) in [6, 6.07) is -1.57. The summed E-state index contributed by atoms with van der Waals surface area (Å²) < 4.78 is 4.71. The molecular weight excluding hydrogens is 166 g/mol. The van der Waals surface area contributed by atoms with Gasteiger partial charge in [0.05, 0.1) is 12.5 Å². The van der Waals surface area contributed by atoms with E-state index in [1.165, 1.54) is 7.11 Å². The average molecular weight is 177 g/mol. The van der Waals surface area contributed by atoms with Crippen molar-refractivity contribution in [1.82, 2.24) is 0 Å². The Kier molecular flexibility index (Phi) is 4.20. The zero-order valence-corrected chi connectivity index (χ0v) is 6.89. The van der Waals surface area contributed by atoms with Crippen LogP contribution < -0.4 is 0 Å². The highest BCUT2D eigenvalue weighted by atomic mass is 16.6. The molecule has 2 unspecified atom stereocenters. The van der Waals surface area contributed by atoms with Crippen molar-refractivity contribution in [3.8, 4) is 0 Å². The van der Waals surface area contributed by atoms with Crippen LogP contribution in [0.1, 0.15) is 13.3 Å². The number of carbonyl (C=O) groups is 1. The van der Waals surface area contributed by atoms with Crippen LogP contribution >= 0.6 is 0 Å². The molecule has 0 aliphatic carbocycles. The fraction of sp³-hybridized carbons (Fsp3) is 0.833. The molecule has 0 fully saturated rings. The molecule has 70 valence electrons. The van der Waals surface area contributed by atoms with Crippen molar-refractivity contribution < 1.29 is 19.6 Å². The van der Waals surface area contributed by atoms with Gasteiger partial charge in [0.15, 0.2) is 0 Å². The van der Waals surface area contributed by atoms with E-state index in [9.17, 15) is 14.9 Å². The lowest BCUT2D eigenvalue weighted by Crippen LogP contribution is -2.32. The number of hydrogen-bond donors (Lipinski definition) is 1. The molecule has 0 heterocycles. The summed E-state index contributed by atoms with van der Waals surface area (Å²) in [4.78, 5) is 19.6. The molecule has 0 amide bonds. The first-order valence-corrected chi connectivity index (χ1v) is 3.38. The lowest BCUT2D eigenvalue weighted by atomic mass is 10.1. The van der Waals surface area contributed by atoms with Gasteiger partial charge in [-0.1, -0.05) is 0 Å². The number of methoxy groups -OCH3 is 1. The van der Waals surface area contributed by atoms with Crippen molar-refractivity contribution >= 4 is 5.97 Å². The highest BCUT2D eigenvalue weighted by Gasteiger charge is 2.30. The van der Waals surface area contributed by atoms with Crippen molar-refractivity contribution in [2.45, 2.75) is 25.5 Å². The van der Waals surface area contributed by atoms with Crippen LogP contribution in [0.3, 0.4) is 0 Å². The number of nitrogens with zero attached hydrogens (tertiary/aromatic N) is 1. The van der Waals surface area contributed by atoms with Crippen molar-refractivity contribution in [3.63, 3.8) is 0 Å². The van der Waals surface area contributed by atoms with Crippen LogP contribution in [0.4, 0.5) is 0 Å². The number of aliphatic carboxylic acids is 1. The van der Waals surface area contributed by atoms with Gasteiger partial charge in [0.1, 0.15) is 0 Å². The van der Waals surface area contributed by atoms with Gasteiger partial charge >= 0.3 is 12.0 Å². The molecule has 2 atom stereocenters. The standard InChI is InChI=1S/C6H11NO5/c1-4(12-2)3-5(6(8)9)7(10)11/h4-5H,3H2,1-2H3,(H,8,9). The topological polar surface area (TPSA) is 89.7 Å². The zero-order chi connectivity index (χ0) is 9.72. The molecule has 0 radical (unpaired) electrons. The SMILES string of the molecule is COC(C)CC(C(=O)O)[N+](=O)[O-]. The van der Waals surface area contributed by atoms with Crippen LogP contribution in [0.5, 0.6) is 0 Å². The van der Waals surface area contributed by atoms with Crippen LogP contribution in [0.2, 0.25) is 0 Å². The Bertz CT molecular complexity index is 167. The van der Waals surface area contributed by atoms with Gasteiger partial charge < -0.3 is 9.84 Å². The third kappa shape index (κ3) is 3.29. The summed E-state index contributed by atoms with van der Waals surface area (Å²) in [6.45, 7) is 1.58. The second-order valence-electron chi connectivity index (χ2n) is 2.42. The predicted octanol–water partition coefficient (Wildman–Crippen LogP) is 0.141. The Morgan fingerprint density at radius 3 is 2.50 bits per heavy atom. The molecule has 0 aromatic rings. The van der Waals surface area contributed by atoms with Gasteiger partial charge in [0.25, 0.3) is 0 Å². The van der Waals surface area contributed by atoms with Gasteiger partial charge in [-0.2, -0.15) is 0 Å². The Balaban J connectivity index is 4.14. The summed E-state index contributed by atoms with van der Waals surface area (Å²) in [6.07, 6.45) is -0.532. The van der Waals surface area contributed by atoms with Gasteiger partial charge in [-0.25, -0.2) is 4.79 Å². The number of rotatable bonds is 5. The summed E-state index contributed by atoms with van der Waals surface area (Å²) in [5.41, 5.74) is 0. The van der Waals surface area contributed by atoms with Gasteiger partial charge in [0.2, 0.25) is 0 Å². The van der Waals surface area contributed by atoms with E-state index in [0.717, 1.165) is 0 Å². The van der Waals surface area contributed by atoms with Crippen LogP contribution in [0, 0.1) is 10.1 Å². The van der Waals surface area contributed by atoms with E-state index in [2.05, 4.69) is 0 Å². The molecule has 0 aromatic carbocycles. The minimum atomic E-state index is -1.57. The summed E-state index contributed by atoms with van der Waals surface area (Å²) in [5.74, 6) is -1.43. The fourth-order valence-corrected chi connectivity index (χ4v) is 0.688.